The standard InChI is InChI=1S/C15H20N2O8/c1-2-11(19)16-12-14(21)13(20)10(7-18)25-15(12)24-9-5-3-8(4-6-9)17(22)23/h3-6,10,12-15,18,20-21H,2,7H2,1H3,(H,16,19)/t10-,12-,13+,14-,15-/m0/s1. The maximum absolute atomic E-state index is 11.7. The number of nitrogens with zero attached hydrogens (tertiary/aromatic N) is 1. The number of carbonyl (C=O) groups excluding carboxylic acids is 1. The minimum atomic E-state index is -1.43. The Bertz CT molecular complexity index is 608. The van der Waals surface area contributed by atoms with Gasteiger partial charge in [-0.15, -0.1) is 0 Å². The molecule has 0 spiro atoms. The summed E-state index contributed by atoms with van der Waals surface area (Å²) in [4.78, 5) is 21.8. The van der Waals surface area contributed by atoms with Gasteiger partial charge in [0, 0.05) is 18.6 Å². The largest absolute Gasteiger partial charge is 0.463 e. The highest BCUT2D eigenvalue weighted by Gasteiger charge is 2.46. The number of carbonyl (C=O) groups is 1. The predicted molar refractivity (Wildman–Crippen MR) is 83.7 cm³/mol. The van der Waals surface area contributed by atoms with E-state index in [0.717, 1.165) is 0 Å². The lowest BCUT2D eigenvalue weighted by molar-refractivity contribution is -0.384. The topological polar surface area (TPSA) is 151 Å². The average molecular weight is 356 g/mol. The normalized spacial score (nSPS) is 29.0. The first-order valence-corrected chi connectivity index (χ1v) is 7.70. The fourth-order valence-electron chi connectivity index (χ4n) is 2.40. The van der Waals surface area contributed by atoms with Crippen molar-refractivity contribution in [3.05, 3.63) is 34.4 Å². The highest BCUT2D eigenvalue weighted by atomic mass is 16.7. The van der Waals surface area contributed by atoms with Crippen LogP contribution >= 0.6 is 0 Å². The number of nitro groups is 1. The Morgan fingerprint density at radius 1 is 1.32 bits per heavy atom. The van der Waals surface area contributed by atoms with Gasteiger partial charge in [0.15, 0.2) is 0 Å². The van der Waals surface area contributed by atoms with Crippen LogP contribution < -0.4 is 10.1 Å². The molecule has 1 heterocycles. The number of hydrogen-bond acceptors (Lipinski definition) is 8. The van der Waals surface area contributed by atoms with E-state index >= 15 is 0 Å². The number of hydrogen-bond donors (Lipinski definition) is 4. The summed E-state index contributed by atoms with van der Waals surface area (Å²) in [5, 5.41) is 42.6. The SMILES string of the molecule is CCC(=O)N[C@@H]1[C@@H](Oc2ccc([N+](=O)[O-])cc2)O[C@@H](CO)[C@@H](O)[C@H]1O. The zero-order valence-electron chi connectivity index (χ0n) is 13.4. The van der Waals surface area contributed by atoms with Crippen LogP contribution in [-0.2, 0) is 9.53 Å². The van der Waals surface area contributed by atoms with Gasteiger partial charge in [-0.05, 0) is 12.1 Å². The summed E-state index contributed by atoms with van der Waals surface area (Å²) in [6.45, 7) is 1.05. The number of non-ortho nitro benzene ring substituents is 1. The monoisotopic (exact) mass is 356 g/mol. The molecule has 1 aliphatic heterocycles. The highest BCUT2D eigenvalue weighted by Crippen LogP contribution is 2.25. The van der Waals surface area contributed by atoms with Crippen LogP contribution in [0.15, 0.2) is 24.3 Å². The molecule has 0 aromatic heterocycles. The van der Waals surface area contributed by atoms with E-state index in [0.29, 0.717) is 0 Å². The van der Waals surface area contributed by atoms with Crippen molar-refractivity contribution in [2.75, 3.05) is 6.61 Å². The van der Waals surface area contributed by atoms with Gasteiger partial charge < -0.3 is 30.1 Å². The molecule has 4 N–H and O–H groups in total. The van der Waals surface area contributed by atoms with Gasteiger partial charge in [-0.3, -0.25) is 14.9 Å². The summed E-state index contributed by atoms with van der Waals surface area (Å²) in [7, 11) is 0. The third-order valence-corrected chi connectivity index (χ3v) is 3.83. The molecule has 138 valence electrons. The van der Waals surface area contributed by atoms with Crippen molar-refractivity contribution in [2.45, 2.75) is 44.0 Å². The van der Waals surface area contributed by atoms with E-state index in [1.807, 2.05) is 0 Å². The van der Waals surface area contributed by atoms with Gasteiger partial charge in [0.25, 0.3) is 5.69 Å². The summed E-state index contributed by atoms with van der Waals surface area (Å²) in [5.41, 5.74) is -0.128. The van der Waals surface area contributed by atoms with Crippen molar-refractivity contribution in [1.82, 2.24) is 5.32 Å². The van der Waals surface area contributed by atoms with E-state index in [1.165, 1.54) is 24.3 Å². The molecule has 5 atom stereocenters. The number of ether oxygens (including phenoxy) is 2. The second kappa shape index (κ2) is 8.21. The maximum Gasteiger partial charge on any atom is 0.269 e. The number of amides is 1. The minimum absolute atomic E-state index is 0.128. The second-order valence-corrected chi connectivity index (χ2v) is 5.52. The Kier molecular flexibility index (Phi) is 6.26. The van der Waals surface area contributed by atoms with Crippen LogP contribution in [0, 0.1) is 10.1 Å². The molecule has 0 radical (unpaired) electrons. The Balaban J connectivity index is 2.19. The van der Waals surface area contributed by atoms with Gasteiger partial charge in [-0.1, -0.05) is 6.92 Å². The number of aliphatic hydroxyl groups excluding tert-OH is 3. The van der Waals surface area contributed by atoms with Crippen molar-refractivity contribution in [1.29, 1.82) is 0 Å². The first kappa shape index (κ1) is 19.1. The Labute approximate surface area is 143 Å². The van der Waals surface area contributed by atoms with Gasteiger partial charge in [-0.25, -0.2) is 0 Å². The van der Waals surface area contributed by atoms with E-state index in [2.05, 4.69) is 5.32 Å². The summed E-state index contributed by atoms with van der Waals surface area (Å²) in [6, 6.07) is 4.05. The average Bonchev–Trinajstić information content (AvgIpc) is 2.61. The molecule has 1 aliphatic rings. The zero-order chi connectivity index (χ0) is 18.6. The molecule has 0 saturated carbocycles. The van der Waals surface area contributed by atoms with Crippen molar-refractivity contribution in [3.8, 4) is 5.75 Å². The molecular weight excluding hydrogens is 336 g/mol. The van der Waals surface area contributed by atoms with Crippen LogP contribution in [0.5, 0.6) is 5.75 Å². The lowest BCUT2D eigenvalue weighted by atomic mass is 9.97. The van der Waals surface area contributed by atoms with Crippen LogP contribution in [0.3, 0.4) is 0 Å². The number of benzene rings is 1. The summed E-state index contributed by atoms with van der Waals surface area (Å²) < 4.78 is 11.0. The van der Waals surface area contributed by atoms with E-state index < -0.39 is 42.2 Å². The number of nitro benzene ring substituents is 1. The fraction of sp³-hybridized carbons (Fsp3) is 0.533. The Morgan fingerprint density at radius 2 is 1.96 bits per heavy atom. The number of aliphatic hydroxyl groups is 3. The third kappa shape index (κ3) is 4.42. The zero-order valence-corrected chi connectivity index (χ0v) is 13.4. The molecule has 0 bridgehead atoms. The molecule has 1 saturated heterocycles. The van der Waals surface area contributed by atoms with Crippen LogP contribution in [-0.4, -0.2) is 63.4 Å². The highest BCUT2D eigenvalue weighted by molar-refractivity contribution is 5.76. The van der Waals surface area contributed by atoms with Crippen molar-refractivity contribution < 1.29 is 34.5 Å². The van der Waals surface area contributed by atoms with Gasteiger partial charge in [0.1, 0.15) is 30.1 Å². The molecule has 1 fully saturated rings. The smallest absolute Gasteiger partial charge is 0.269 e. The van der Waals surface area contributed by atoms with Gasteiger partial charge in [0.05, 0.1) is 11.5 Å². The first-order valence-electron chi connectivity index (χ1n) is 7.70. The van der Waals surface area contributed by atoms with E-state index in [-0.39, 0.29) is 23.8 Å². The minimum Gasteiger partial charge on any atom is -0.463 e. The van der Waals surface area contributed by atoms with Gasteiger partial charge in [-0.2, -0.15) is 0 Å². The van der Waals surface area contributed by atoms with Crippen LogP contribution in [0.25, 0.3) is 0 Å². The van der Waals surface area contributed by atoms with Gasteiger partial charge in [0.2, 0.25) is 12.2 Å². The molecule has 0 aliphatic carbocycles. The molecule has 1 aromatic rings. The Morgan fingerprint density at radius 3 is 2.48 bits per heavy atom. The van der Waals surface area contributed by atoms with Crippen LogP contribution in [0.1, 0.15) is 13.3 Å². The first-order chi connectivity index (χ1) is 11.9. The van der Waals surface area contributed by atoms with Crippen molar-refractivity contribution >= 4 is 11.6 Å². The molecule has 0 unspecified atom stereocenters. The summed E-state index contributed by atoms with van der Waals surface area (Å²) in [5.74, 6) is -0.189. The fourth-order valence-corrected chi connectivity index (χ4v) is 2.40. The lowest BCUT2D eigenvalue weighted by Crippen LogP contribution is -2.65. The molecule has 25 heavy (non-hydrogen) atoms. The number of nitrogens with one attached hydrogen (secondary N) is 1. The van der Waals surface area contributed by atoms with Crippen molar-refractivity contribution in [3.63, 3.8) is 0 Å². The van der Waals surface area contributed by atoms with E-state index in [4.69, 9.17) is 9.47 Å². The third-order valence-electron chi connectivity index (χ3n) is 3.83. The quantitative estimate of drug-likeness (QED) is 0.386. The molecule has 1 aromatic carbocycles. The molecular formula is C15H20N2O8. The van der Waals surface area contributed by atoms with Gasteiger partial charge >= 0.3 is 0 Å². The van der Waals surface area contributed by atoms with Crippen molar-refractivity contribution in [2.24, 2.45) is 0 Å². The molecule has 1 amide bonds. The lowest BCUT2D eigenvalue weighted by Gasteiger charge is -2.42. The Hall–Kier alpha value is -2.27. The molecule has 10 heteroatoms. The van der Waals surface area contributed by atoms with E-state index in [1.54, 1.807) is 6.92 Å². The predicted octanol–water partition coefficient (Wildman–Crippen LogP) is -0.693. The number of rotatable bonds is 6. The van der Waals surface area contributed by atoms with Crippen LogP contribution in [0.4, 0.5) is 5.69 Å². The molecule has 2 rings (SSSR count). The summed E-state index contributed by atoms with van der Waals surface area (Å²) in [6.07, 6.45) is -5.00. The van der Waals surface area contributed by atoms with Crippen LogP contribution in [0.2, 0.25) is 0 Å². The maximum atomic E-state index is 11.7. The van der Waals surface area contributed by atoms with E-state index in [9.17, 15) is 30.2 Å². The summed E-state index contributed by atoms with van der Waals surface area (Å²) >= 11 is 0. The molecule has 10 nitrogen and oxygen atoms in total. The second-order valence-electron chi connectivity index (χ2n) is 5.52.